The van der Waals surface area contributed by atoms with Crippen molar-refractivity contribution >= 4 is 18.3 Å². The van der Waals surface area contributed by atoms with Crippen LogP contribution in [0.5, 0.6) is 0 Å². The molecule has 1 aliphatic carbocycles. The van der Waals surface area contributed by atoms with Crippen LogP contribution in [0.25, 0.3) is 0 Å². The molecule has 2 aliphatic rings. The molecule has 4 heteroatoms. The molecular formula is C12H23ClN2O. The fraction of sp³-hybridized carbons (Fsp3) is 0.917. The first-order valence-electron chi connectivity index (χ1n) is 6.09. The second-order valence-corrected chi connectivity index (χ2v) is 5.45. The van der Waals surface area contributed by atoms with Crippen LogP contribution >= 0.6 is 12.4 Å². The van der Waals surface area contributed by atoms with Crippen LogP contribution in [0.1, 0.15) is 39.5 Å². The third-order valence-corrected chi connectivity index (χ3v) is 4.43. The van der Waals surface area contributed by atoms with Crippen LogP contribution < -0.4 is 5.73 Å². The van der Waals surface area contributed by atoms with E-state index in [1.54, 1.807) is 6.92 Å². The summed E-state index contributed by atoms with van der Waals surface area (Å²) in [6.45, 7) is 5.98. The molecule has 94 valence electrons. The number of likely N-dealkylation sites (tertiary alicyclic amines) is 1. The standard InChI is InChI=1S/C12H22N2O.ClH/c1-9-4-7-14(11(15)10(2)13)8-12(9)5-3-6-12;/h9-10H,3-8,13H2,1-2H3;1H. The van der Waals surface area contributed by atoms with E-state index in [1.165, 1.54) is 19.3 Å². The molecule has 1 saturated carbocycles. The van der Waals surface area contributed by atoms with Crippen LogP contribution in [-0.2, 0) is 4.79 Å². The Labute approximate surface area is 104 Å². The molecule has 0 bridgehead atoms. The van der Waals surface area contributed by atoms with Gasteiger partial charge in [0.05, 0.1) is 6.04 Å². The summed E-state index contributed by atoms with van der Waals surface area (Å²) < 4.78 is 0. The summed E-state index contributed by atoms with van der Waals surface area (Å²) >= 11 is 0. The number of carbonyl (C=O) groups is 1. The lowest BCUT2D eigenvalue weighted by Gasteiger charge is -2.53. The van der Waals surface area contributed by atoms with Crippen molar-refractivity contribution in [3.63, 3.8) is 0 Å². The van der Waals surface area contributed by atoms with Crippen molar-refractivity contribution in [3.8, 4) is 0 Å². The SMILES string of the molecule is CC(N)C(=O)N1CCC(C)C2(CCC2)C1.Cl. The number of piperidine rings is 1. The Morgan fingerprint density at radius 1 is 1.50 bits per heavy atom. The predicted molar refractivity (Wildman–Crippen MR) is 67.5 cm³/mol. The average molecular weight is 247 g/mol. The Hall–Kier alpha value is -0.280. The predicted octanol–water partition coefficient (Wildman–Crippen LogP) is 1.79. The highest BCUT2D eigenvalue weighted by Crippen LogP contribution is 2.50. The van der Waals surface area contributed by atoms with Crippen molar-refractivity contribution in [2.45, 2.75) is 45.6 Å². The van der Waals surface area contributed by atoms with Gasteiger partial charge in [-0.25, -0.2) is 0 Å². The molecule has 1 heterocycles. The first kappa shape index (κ1) is 13.8. The van der Waals surface area contributed by atoms with Crippen molar-refractivity contribution in [1.29, 1.82) is 0 Å². The van der Waals surface area contributed by atoms with Crippen LogP contribution in [0.4, 0.5) is 0 Å². The quantitative estimate of drug-likeness (QED) is 0.767. The lowest BCUT2D eigenvalue weighted by molar-refractivity contribution is -0.140. The molecule has 16 heavy (non-hydrogen) atoms. The zero-order valence-corrected chi connectivity index (χ0v) is 11.1. The van der Waals surface area contributed by atoms with E-state index < -0.39 is 0 Å². The summed E-state index contributed by atoms with van der Waals surface area (Å²) in [5.74, 6) is 0.913. The maximum absolute atomic E-state index is 11.8. The number of carbonyl (C=O) groups excluding carboxylic acids is 1. The number of hydrogen-bond donors (Lipinski definition) is 1. The Morgan fingerprint density at radius 3 is 2.56 bits per heavy atom. The first-order valence-corrected chi connectivity index (χ1v) is 6.09. The van der Waals surface area contributed by atoms with Gasteiger partial charge < -0.3 is 10.6 Å². The number of halogens is 1. The summed E-state index contributed by atoms with van der Waals surface area (Å²) in [5, 5.41) is 0. The monoisotopic (exact) mass is 246 g/mol. The van der Waals surface area contributed by atoms with Gasteiger partial charge in [-0.15, -0.1) is 12.4 Å². The number of hydrogen-bond acceptors (Lipinski definition) is 2. The summed E-state index contributed by atoms with van der Waals surface area (Å²) in [7, 11) is 0. The maximum Gasteiger partial charge on any atom is 0.239 e. The zero-order chi connectivity index (χ0) is 11.1. The van der Waals surface area contributed by atoms with Crippen LogP contribution in [0.2, 0.25) is 0 Å². The topological polar surface area (TPSA) is 46.3 Å². The van der Waals surface area contributed by atoms with Gasteiger partial charge >= 0.3 is 0 Å². The minimum absolute atomic E-state index is 0. The van der Waals surface area contributed by atoms with Crippen LogP contribution in [0.3, 0.4) is 0 Å². The normalized spacial score (nSPS) is 29.2. The minimum atomic E-state index is -0.337. The molecule has 0 aromatic carbocycles. The second kappa shape index (κ2) is 4.92. The summed E-state index contributed by atoms with van der Waals surface area (Å²) in [5.41, 5.74) is 6.11. The van der Waals surface area contributed by atoms with Crippen LogP contribution in [0.15, 0.2) is 0 Å². The van der Waals surface area contributed by atoms with E-state index in [0.29, 0.717) is 5.41 Å². The molecule has 2 rings (SSSR count). The summed E-state index contributed by atoms with van der Waals surface area (Å²) in [6.07, 6.45) is 5.09. The molecule has 2 unspecified atom stereocenters. The van der Waals surface area contributed by atoms with Crippen LogP contribution in [0, 0.1) is 11.3 Å². The van der Waals surface area contributed by atoms with E-state index in [2.05, 4.69) is 6.92 Å². The number of nitrogens with two attached hydrogens (primary N) is 1. The van der Waals surface area contributed by atoms with Crippen molar-refractivity contribution in [2.75, 3.05) is 13.1 Å². The van der Waals surface area contributed by atoms with Gasteiger partial charge in [-0.2, -0.15) is 0 Å². The molecule has 2 N–H and O–H groups in total. The van der Waals surface area contributed by atoms with Gasteiger partial charge in [-0.3, -0.25) is 4.79 Å². The van der Waals surface area contributed by atoms with Gasteiger partial charge in [0.15, 0.2) is 0 Å². The van der Waals surface area contributed by atoms with Crippen LogP contribution in [-0.4, -0.2) is 29.9 Å². The Morgan fingerprint density at radius 2 is 2.12 bits per heavy atom. The average Bonchev–Trinajstić information content (AvgIpc) is 2.15. The van der Waals surface area contributed by atoms with Gasteiger partial charge in [0.25, 0.3) is 0 Å². The molecule has 1 amide bonds. The molecule has 1 spiro atoms. The molecule has 1 aliphatic heterocycles. The minimum Gasteiger partial charge on any atom is -0.341 e. The number of rotatable bonds is 1. The highest BCUT2D eigenvalue weighted by Gasteiger charge is 2.46. The molecule has 3 nitrogen and oxygen atoms in total. The van der Waals surface area contributed by atoms with Gasteiger partial charge in [0.1, 0.15) is 0 Å². The highest BCUT2D eigenvalue weighted by atomic mass is 35.5. The van der Waals surface area contributed by atoms with Gasteiger partial charge in [0, 0.05) is 13.1 Å². The number of amides is 1. The van der Waals surface area contributed by atoms with Crippen molar-refractivity contribution in [3.05, 3.63) is 0 Å². The van der Waals surface area contributed by atoms with E-state index in [9.17, 15) is 4.79 Å². The smallest absolute Gasteiger partial charge is 0.239 e. The molecular weight excluding hydrogens is 224 g/mol. The molecule has 0 aromatic heterocycles. The largest absolute Gasteiger partial charge is 0.341 e. The fourth-order valence-electron chi connectivity index (χ4n) is 3.03. The third-order valence-electron chi connectivity index (χ3n) is 4.43. The molecule has 2 fully saturated rings. The Balaban J connectivity index is 0.00000128. The third kappa shape index (κ3) is 2.21. The first-order chi connectivity index (χ1) is 7.05. The van der Waals surface area contributed by atoms with Crippen molar-refractivity contribution in [1.82, 2.24) is 4.90 Å². The number of nitrogens with zero attached hydrogens (tertiary/aromatic N) is 1. The lowest BCUT2D eigenvalue weighted by Crippen LogP contribution is -2.55. The Bertz CT molecular complexity index is 264. The van der Waals surface area contributed by atoms with Gasteiger partial charge in [-0.05, 0) is 37.5 Å². The van der Waals surface area contributed by atoms with E-state index >= 15 is 0 Å². The molecule has 0 radical (unpaired) electrons. The lowest BCUT2D eigenvalue weighted by atomic mass is 9.59. The molecule has 2 atom stereocenters. The van der Waals surface area contributed by atoms with Gasteiger partial charge in [-0.1, -0.05) is 13.3 Å². The van der Waals surface area contributed by atoms with E-state index in [-0.39, 0.29) is 24.4 Å². The summed E-state index contributed by atoms with van der Waals surface area (Å²) in [4.78, 5) is 13.8. The van der Waals surface area contributed by atoms with Crippen molar-refractivity contribution in [2.24, 2.45) is 17.1 Å². The summed E-state index contributed by atoms with van der Waals surface area (Å²) in [6, 6.07) is -0.337. The van der Waals surface area contributed by atoms with E-state index in [1.807, 2.05) is 4.90 Å². The van der Waals surface area contributed by atoms with Crippen molar-refractivity contribution < 1.29 is 4.79 Å². The zero-order valence-electron chi connectivity index (χ0n) is 10.2. The van der Waals surface area contributed by atoms with E-state index in [0.717, 1.165) is 25.4 Å². The molecule has 0 aromatic rings. The van der Waals surface area contributed by atoms with E-state index in [4.69, 9.17) is 5.73 Å². The van der Waals surface area contributed by atoms with Gasteiger partial charge in [0.2, 0.25) is 5.91 Å². The maximum atomic E-state index is 11.8. The second-order valence-electron chi connectivity index (χ2n) is 5.45. The highest BCUT2D eigenvalue weighted by molar-refractivity contribution is 5.85. The fourth-order valence-corrected chi connectivity index (χ4v) is 3.03. The Kier molecular flexibility index (Phi) is 4.24. The molecule has 1 saturated heterocycles.